The van der Waals surface area contributed by atoms with Crippen LogP contribution in [-0.2, 0) is 0 Å². The van der Waals surface area contributed by atoms with E-state index in [1.54, 1.807) is 12.1 Å². The molecule has 0 spiro atoms. The van der Waals surface area contributed by atoms with Crippen molar-refractivity contribution in [3.05, 3.63) is 23.9 Å². The van der Waals surface area contributed by atoms with Crippen molar-refractivity contribution in [2.75, 3.05) is 24.6 Å². The maximum atomic E-state index is 10.7. The molecule has 0 aromatic carbocycles. The first kappa shape index (κ1) is 11.9. The fourth-order valence-corrected chi connectivity index (χ4v) is 2.16. The Kier molecular flexibility index (Phi) is 3.28. The van der Waals surface area contributed by atoms with Gasteiger partial charge in [0.15, 0.2) is 0 Å². The number of carbonyl (C=O) groups is 1. The summed E-state index contributed by atoms with van der Waals surface area (Å²) in [6.45, 7) is 3.92. The largest absolute Gasteiger partial charge is 0.478 e. The second-order valence-electron chi connectivity index (χ2n) is 4.54. The number of pyridine rings is 1. The maximum Gasteiger partial charge on any atom is 0.337 e. The molecule has 0 amide bonds. The number of aliphatic hydroxyl groups excluding tert-OH is 1. The Morgan fingerprint density at radius 1 is 1.53 bits per heavy atom. The molecule has 2 heterocycles. The maximum absolute atomic E-state index is 10.7. The quantitative estimate of drug-likeness (QED) is 0.813. The minimum absolute atomic E-state index is 0.185. The second-order valence-corrected chi connectivity index (χ2v) is 4.54. The molecule has 2 rings (SSSR count). The second kappa shape index (κ2) is 4.71. The summed E-state index contributed by atoms with van der Waals surface area (Å²) in [4.78, 5) is 16.9. The monoisotopic (exact) mass is 236 g/mol. The summed E-state index contributed by atoms with van der Waals surface area (Å²) < 4.78 is 0. The summed E-state index contributed by atoms with van der Waals surface area (Å²) in [6, 6.07) is 3.28. The first-order valence-electron chi connectivity index (χ1n) is 5.67. The average molecular weight is 236 g/mol. The van der Waals surface area contributed by atoms with E-state index in [0.717, 1.165) is 18.9 Å². The van der Waals surface area contributed by atoms with Crippen molar-refractivity contribution in [2.45, 2.75) is 6.92 Å². The molecule has 5 heteroatoms. The first-order chi connectivity index (χ1) is 8.11. The predicted octanol–water partition coefficient (Wildman–Crippen LogP) is 0.844. The van der Waals surface area contributed by atoms with Crippen molar-refractivity contribution in [2.24, 2.45) is 11.8 Å². The highest BCUT2D eigenvalue weighted by Crippen LogP contribution is 2.26. The summed E-state index contributed by atoms with van der Waals surface area (Å²) in [6.07, 6.45) is 1.37. The van der Waals surface area contributed by atoms with Gasteiger partial charge in [0.25, 0.3) is 0 Å². The molecule has 1 saturated heterocycles. The van der Waals surface area contributed by atoms with Crippen LogP contribution in [0.5, 0.6) is 0 Å². The molecule has 0 radical (unpaired) electrons. The van der Waals surface area contributed by atoms with Crippen LogP contribution in [-0.4, -0.2) is 40.9 Å². The zero-order valence-corrected chi connectivity index (χ0v) is 9.71. The lowest BCUT2D eigenvalue weighted by Crippen LogP contribution is -2.21. The molecule has 17 heavy (non-hydrogen) atoms. The number of carboxylic acid groups (broad SMARTS) is 1. The van der Waals surface area contributed by atoms with Crippen LogP contribution in [0.25, 0.3) is 0 Å². The molecule has 1 aliphatic rings. The van der Waals surface area contributed by atoms with Gasteiger partial charge in [-0.1, -0.05) is 6.92 Å². The Morgan fingerprint density at radius 2 is 2.29 bits per heavy atom. The van der Waals surface area contributed by atoms with E-state index < -0.39 is 5.97 Å². The van der Waals surface area contributed by atoms with Crippen molar-refractivity contribution in [1.29, 1.82) is 0 Å². The highest BCUT2D eigenvalue weighted by molar-refractivity contribution is 5.87. The lowest BCUT2D eigenvalue weighted by Gasteiger charge is -2.16. The molecule has 0 saturated carbocycles. The molecule has 2 N–H and O–H groups in total. The fourth-order valence-electron chi connectivity index (χ4n) is 2.16. The SMILES string of the molecule is C[C@H]1CN(c2ccc(C(=O)O)cn2)C[C@H]1CO. The number of aromatic nitrogens is 1. The fraction of sp³-hybridized carbons (Fsp3) is 0.500. The van der Waals surface area contributed by atoms with Crippen LogP contribution in [0.3, 0.4) is 0 Å². The van der Waals surface area contributed by atoms with Crippen LogP contribution in [0.15, 0.2) is 18.3 Å². The lowest BCUT2D eigenvalue weighted by atomic mass is 10.00. The Morgan fingerprint density at radius 3 is 2.76 bits per heavy atom. The Labute approximate surface area is 99.7 Å². The number of nitrogens with zero attached hydrogens (tertiary/aromatic N) is 2. The Bertz CT molecular complexity index is 405. The van der Waals surface area contributed by atoms with Gasteiger partial charge in [-0.3, -0.25) is 0 Å². The molecule has 2 atom stereocenters. The Hall–Kier alpha value is -1.62. The van der Waals surface area contributed by atoms with Gasteiger partial charge in [0.05, 0.1) is 5.56 Å². The van der Waals surface area contributed by atoms with Crippen molar-refractivity contribution in [3.8, 4) is 0 Å². The zero-order valence-electron chi connectivity index (χ0n) is 9.71. The standard InChI is InChI=1S/C12H16N2O3/c1-8-5-14(6-10(8)7-15)11-3-2-9(4-13-11)12(16)17/h2-4,8,10,15H,5-7H2,1H3,(H,16,17)/t8-,10-/m0/s1. The third-order valence-electron chi connectivity index (χ3n) is 3.32. The third-order valence-corrected chi connectivity index (χ3v) is 3.32. The number of rotatable bonds is 3. The average Bonchev–Trinajstić information content (AvgIpc) is 2.70. The number of carboxylic acids is 1. The highest BCUT2D eigenvalue weighted by atomic mass is 16.4. The zero-order chi connectivity index (χ0) is 12.4. The highest BCUT2D eigenvalue weighted by Gasteiger charge is 2.29. The topological polar surface area (TPSA) is 73.7 Å². The van der Waals surface area contributed by atoms with E-state index in [1.807, 2.05) is 0 Å². The summed E-state index contributed by atoms with van der Waals surface area (Å²) >= 11 is 0. The minimum atomic E-state index is -0.966. The van der Waals surface area contributed by atoms with Gasteiger partial charge < -0.3 is 15.1 Å². The minimum Gasteiger partial charge on any atom is -0.478 e. The van der Waals surface area contributed by atoms with Crippen LogP contribution in [0.4, 0.5) is 5.82 Å². The van der Waals surface area contributed by atoms with E-state index in [1.165, 1.54) is 6.20 Å². The molecule has 0 unspecified atom stereocenters. The lowest BCUT2D eigenvalue weighted by molar-refractivity contribution is 0.0696. The molecule has 92 valence electrons. The van der Waals surface area contributed by atoms with E-state index in [-0.39, 0.29) is 18.1 Å². The smallest absolute Gasteiger partial charge is 0.337 e. The number of hydrogen-bond donors (Lipinski definition) is 2. The van der Waals surface area contributed by atoms with Gasteiger partial charge in [0.2, 0.25) is 0 Å². The first-order valence-corrected chi connectivity index (χ1v) is 5.67. The molecule has 1 aliphatic heterocycles. The number of anilines is 1. The summed E-state index contributed by atoms with van der Waals surface area (Å²) in [5.74, 6) is 0.516. The predicted molar refractivity (Wildman–Crippen MR) is 63.1 cm³/mol. The molecule has 1 aromatic heterocycles. The van der Waals surface area contributed by atoms with Gasteiger partial charge in [0, 0.05) is 31.8 Å². The van der Waals surface area contributed by atoms with Crippen molar-refractivity contribution < 1.29 is 15.0 Å². The van der Waals surface area contributed by atoms with Crippen LogP contribution in [0, 0.1) is 11.8 Å². The molecular weight excluding hydrogens is 220 g/mol. The third kappa shape index (κ3) is 2.39. The van der Waals surface area contributed by atoms with E-state index in [9.17, 15) is 9.90 Å². The van der Waals surface area contributed by atoms with Crippen LogP contribution >= 0.6 is 0 Å². The van der Waals surface area contributed by atoms with Crippen molar-refractivity contribution >= 4 is 11.8 Å². The molecule has 0 bridgehead atoms. The van der Waals surface area contributed by atoms with Crippen LogP contribution < -0.4 is 4.90 Å². The van der Waals surface area contributed by atoms with Crippen molar-refractivity contribution in [1.82, 2.24) is 4.98 Å². The van der Waals surface area contributed by atoms with E-state index in [4.69, 9.17) is 5.11 Å². The van der Waals surface area contributed by atoms with Gasteiger partial charge in [-0.2, -0.15) is 0 Å². The van der Waals surface area contributed by atoms with Gasteiger partial charge in [-0.25, -0.2) is 9.78 Å². The van der Waals surface area contributed by atoms with Gasteiger partial charge in [-0.05, 0) is 18.1 Å². The van der Waals surface area contributed by atoms with Crippen LogP contribution in [0.1, 0.15) is 17.3 Å². The van der Waals surface area contributed by atoms with E-state index >= 15 is 0 Å². The van der Waals surface area contributed by atoms with Crippen LogP contribution in [0.2, 0.25) is 0 Å². The normalized spacial score (nSPS) is 24.0. The van der Waals surface area contributed by atoms with Crippen molar-refractivity contribution in [3.63, 3.8) is 0 Å². The number of aromatic carboxylic acids is 1. The number of hydrogen-bond acceptors (Lipinski definition) is 4. The van der Waals surface area contributed by atoms with Gasteiger partial charge in [0.1, 0.15) is 5.82 Å². The molecular formula is C12H16N2O3. The number of aliphatic hydroxyl groups is 1. The Balaban J connectivity index is 2.11. The molecule has 1 aromatic rings. The summed E-state index contributed by atoms with van der Waals surface area (Å²) in [7, 11) is 0. The summed E-state index contributed by atoms with van der Waals surface area (Å²) in [5.41, 5.74) is 0.194. The van der Waals surface area contributed by atoms with E-state index in [0.29, 0.717) is 5.92 Å². The van der Waals surface area contributed by atoms with Gasteiger partial charge >= 0.3 is 5.97 Å². The van der Waals surface area contributed by atoms with Gasteiger partial charge in [-0.15, -0.1) is 0 Å². The molecule has 0 aliphatic carbocycles. The molecule has 1 fully saturated rings. The summed E-state index contributed by atoms with van der Waals surface area (Å²) in [5, 5.41) is 18.0. The van der Waals surface area contributed by atoms with E-state index in [2.05, 4.69) is 16.8 Å². The molecule has 5 nitrogen and oxygen atoms in total.